The Kier molecular flexibility index (Phi) is 5.76. The minimum absolute atomic E-state index is 0.0663. The number of nitrogens with two attached hydrogens (primary N) is 1. The van der Waals surface area contributed by atoms with Gasteiger partial charge in [0.15, 0.2) is 5.69 Å². The zero-order chi connectivity index (χ0) is 21.3. The van der Waals surface area contributed by atoms with Crippen LogP contribution < -0.4 is 11.1 Å². The summed E-state index contributed by atoms with van der Waals surface area (Å²) in [7, 11) is -3.62. The van der Waals surface area contributed by atoms with Crippen molar-refractivity contribution in [1.29, 1.82) is 0 Å². The van der Waals surface area contributed by atoms with Crippen molar-refractivity contribution < 1.29 is 18.0 Å². The molecule has 0 saturated carbocycles. The van der Waals surface area contributed by atoms with Gasteiger partial charge in [0, 0.05) is 18.7 Å². The van der Waals surface area contributed by atoms with Gasteiger partial charge in [0.05, 0.1) is 16.3 Å². The first-order valence-corrected chi connectivity index (χ1v) is 10.8. The molecule has 29 heavy (non-hydrogen) atoms. The van der Waals surface area contributed by atoms with Crippen LogP contribution in [-0.4, -0.2) is 47.8 Å². The first-order chi connectivity index (χ1) is 13.6. The number of carbonyl (C=O) groups excluding carboxylic acids is 2. The summed E-state index contributed by atoms with van der Waals surface area (Å²) in [4.78, 5) is 24.1. The van der Waals surface area contributed by atoms with Gasteiger partial charge in [-0.15, -0.1) is 0 Å². The van der Waals surface area contributed by atoms with Crippen LogP contribution in [0.1, 0.15) is 46.8 Å². The molecule has 1 aromatic heterocycles. The zero-order valence-electron chi connectivity index (χ0n) is 16.6. The number of aromatic nitrogens is 2. The van der Waals surface area contributed by atoms with Gasteiger partial charge >= 0.3 is 0 Å². The number of anilines is 1. The third-order valence-corrected chi connectivity index (χ3v) is 6.85. The summed E-state index contributed by atoms with van der Waals surface area (Å²) in [6.45, 7) is 6.72. The van der Waals surface area contributed by atoms with Crippen molar-refractivity contribution in [2.24, 2.45) is 17.6 Å². The number of nitrogens with zero attached hydrogens (tertiary/aromatic N) is 2. The van der Waals surface area contributed by atoms with Gasteiger partial charge in [0.2, 0.25) is 10.0 Å². The molecule has 0 bridgehead atoms. The Morgan fingerprint density at radius 3 is 2.31 bits per heavy atom. The van der Waals surface area contributed by atoms with E-state index in [0.29, 0.717) is 30.6 Å². The number of benzene rings is 1. The van der Waals surface area contributed by atoms with E-state index in [1.54, 1.807) is 6.92 Å². The van der Waals surface area contributed by atoms with Gasteiger partial charge in [-0.05, 0) is 49.4 Å². The van der Waals surface area contributed by atoms with E-state index in [9.17, 15) is 18.0 Å². The second-order valence-electron chi connectivity index (χ2n) is 7.68. The van der Waals surface area contributed by atoms with Crippen molar-refractivity contribution in [3.63, 3.8) is 0 Å². The molecule has 1 aliphatic heterocycles. The predicted molar refractivity (Wildman–Crippen MR) is 108 cm³/mol. The highest BCUT2D eigenvalue weighted by atomic mass is 32.2. The van der Waals surface area contributed by atoms with Gasteiger partial charge in [0.1, 0.15) is 0 Å². The summed E-state index contributed by atoms with van der Waals surface area (Å²) >= 11 is 0. The van der Waals surface area contributed by atoms with Crippen LogP contribution in [0.2, 0.25) is 0 Å². The summed E-state index contributed by atoms with van der Waals surface area (Å²) in [6, 6.07) is 5.73. The number of carbonyl (C=O) groups is 2. The maximum atomic E-state index is 12.9. The Morgan fingerprint density at radius 2 is 1.76 bits per heavy atom. The lowest BCUT2D eigenvalue weighted by atomic mass is 9.94. The predicted octanol–water partition coefficient (Wildman–Crippen LogP) is 1.74. The first kappa shape index (κ1) is 21.0. The number of hydrogen-bond donors (Lipinski definition) is 3. The summed E-state index contributed by atoms with van der Waals surface area (Å²) in [6.07, 6.45) is 1.01. The lowest BCUT2D eigenvalue weighted by Crippen LogP contribution is -2.42. The Morgan fingerprint density at radius 1 is 1.17 bits per heavy atom. The van der Waals surface area contributed by atoms with Gasteiger partial charge in [-0.25, -0.2) is 8.42 Å². The summed E-state index contributed by atoms with van der Waals surface area (Å²) in [5.41, 5.74) is 6.13. The number of primary amides is 1. The molecule has 2 atom stereocenters. The second kappa shape index (κ2) is 7.96. The quantitative estimate of drug-likeness (QED) is 0.677. The summed E-state index contributed by atoms with van der Waals surface area (Å²) in [5.74, 6) is -0.662. The number of sulfonamides is 1. The summed E-state index contributed by atoms with van der Waals surface area (Å²) in [5, 5.41) is 8.97. The molecular weight excluding hydrogens is 394 g/mol. The van der Waals surface area contributed by atoms with Crippen LogP contribution in [0, 0.1) is 18.8 Å². The van der Waals surface area contributed by atoms with E-state index in [4.69, 9.17) is 5.73 Å². The molecule has 4 N–H and O–H groups in total. The van der Waals surface area contributed by atoms with Gasteiger partial charge in [-0.1, -0.05) is 13.8 Å². The second-order valence-corrected chi connectivity index (χ2v) is 9.62. The minimum atomic E-state index is -3.62. The fourth-order valence-corrected chi connectivity index (χ4v) is 5.36. The van der Waals surface area contributed by atoms with Crippen molar-refractivity contribution in [3.8, 4) is 0 Å². The van der Waals surface area contributed by atoms with Crippen LogP contribution in [0.5, 0.6) is 0 Å². The molecule has 2 unspecified atom stereocenters. The molecule has 1 aromatic carbocycles. The topological polar surface area (TPSA) is 138 Å². The Hall–Kier alpha value is -2.72. The minimum Gasteiger partial charge on any atom is -0.364 e. The maximum absolute atomic E-state index is 12.9. The van der Waals surface area contributed by atoms with Crippen LogP contribution in [-0.2, 0) is 10.0 Å². The fraction of sp³-hybridized carbons (Fsp3) is 0.421. The Labute approximate surface area is 169 Å². The molecule has 9 nitrogen and oxygen atoms in total. The number of aromatic amines is 1. The van der Waals surface area contributed by atoms with Gasteiger partial charge in [-0.3, -0.25) is 14.7 Å². The van der Waals surface area contributed by atoms with E-state index in [2.05, 4.69) is 15.5 Å². The van der Waals surface area contributed by atoms with Crippen LogP contribution >= 0.6 is 0 Å². The number of nitrogens with one attached hydrogen (secondary N) is 2. The van der Waals surface area contributed by atoms with Crippen molar-refractivity contribution >= 4 is 27.5 Å². The highest BCUT2D eigenvalue weighted by molar-refractivity contribution is 7.89. The molecule has 0 radical (unpaired) electrons. The Balaban J connectivity index is 1.79. The molecular formula is C19H25N5O4S. The largest absolute Gasteiger partial charge is 0.364 e. The molecule has 2 amide bonds. The normalized spacial score (nSPS) is 20.4. The van der Waals surface area contributed by atoms with Gasteiger partial charge in [0.25, 0.3) is 11.8 Å². The molecule has 3 rings (SSSR count). The van der Waals surface area contributed by atoms with E-state index < -0.39 is 21.8 Å². The van der Waals surface area contributed by atoms with Crippen LogP contribution in [0.25, 0.3) is 0 Å². The molecule has 0 spiro atoms. The number of rotatable bonds is 5. The van der Waals surface area contributed by atoms with Gasteiger partial charge < -0.3 is 11.1 Å². The van der Waals surface area contributed by atoms with E-state index in [0.717, 1.165) is 6.42 Å². The lowest BCUT2D eigenvalue weighted by Gasteiger charge is -2.34. The monoisotopic (exact) mass is 419 g/mol. The van der Waals surface area contributed by atoms with Crippen LogP contribution in [0.15, 0.2) is 29.2 Å². The first-order valence-electron chi connectivity index (χ1n) is 9.36. The average Bonchev–Trinajstić information content (AvgIpc) is 3.01. The molecule has 0 aliphatic carbocycles. The molecule has 1 aliphatic rings. The van der Waals surface area contributed by atoms with E-state index in [-0.39, 0.29) is 21.8 Å². The zero-order valence-corrected chi connectivity index (χ0v) is 17.4. The van der Waals surface area contributed by atoms with Crippen molar-refractivity contribution in [3.05, 3.63) is 41.2 Å². The molecule has 10 heteroatoms. The number of piperidine rings is 1. The third-order valence-electron chi connectivity index (χ3n) is 5.01. The fourth-order valence-electron chi connectivity index (χ4n) is 3.68. The smallest absolute Gasteiger partial charge is 0.271 e. The van der Waals surface area contributed by atoms with E-state index >= 15 is 0 Å². The van der Waals surface area contributed by atoms with Crippen molar-refractivity contribution in [1.82, 2.24) is 14.5 Å². The maximum Gasteiger partial charge on any atom is 0.271 e. The van der Waals surface area contributed by atoms with Crippen LogP contribution in [0.4, 0.5) is 5.69 Å². The number of hydrogen-bond acceptors (Lipinski definition) is 5. The number of H-pyrrole nitrogens is 1. The molecule has 2 heterocycles. The van der Waals surface area contributed by atoms with E-state index in [1.807, 2.05) is 13.8 Å². The highest BCUT2D eigenvalue weighted by Gasteiger charge is 2.31. The third kappa shape index (κ3) is 4.33. The standard InChI is InChI=1S/C19H25N5O4S/c1-11-8-12(2)10-24(9-11)29(27,28)15-6-4-14(5-7-15)19(26)21-16-13(3)22-23-17(16)18(20)25/h4-7,11-12H,8-10H2,1-3H3,(H2,20,25)(H,21,26)(H,22,23). The van der Waals surface area contributed by atoms with Gasteiger partial charge in [-0.2, -0.15) is 9.40 Å². The summed E-state index contributed by atoms with van der Waals surface area (Å²) < 4.78 is 27.4. The molecule has 1 fully saturated rings. The SMILES string of the molecule is Cc1[nH]nc(C(N)=O)c1NC(=O)c1ccc(S(=O)(=O)N2CC(C)CC(C)C2)cc1. The lowest BCUT2D eigenvalue weighted by molar-refractivity contribution is 0.0996. The molecule has 1 saturated heterocycles. The molecule has 2 aromatic rings. The van der Waals surface area contributed by atoms with Crippen molar-refractivity contribution in [2.45, 2.75) is 32.1 Å². The Bertz CT molecular complexity index is 1020. The van der Waals surface area contributed by atoms with Crippen LogP contribution in [0.3, 0.4) is 0 Å². The number of amides is 2. The molecule has 156 valence electrons. The van der Waals surface area contributed by atoms with E-state index in [1.165, 1.54) is 28.6 Å². The number of aryl methyl sites for hydroxylation is 1. The average molecular weight is 420 g/mol. The van der Waals surface area contributed by atoms with Crippen molar-refractivity contribution in [2.75, 3.05) is 18.4 Å². The highest BCUT2D eigenvalue weighted by Crippen LogP contribution is 2.27.